The van der Waals surface area contributed by atoms with Gasteiger partial charge in [0.2, 0.25) is 0 Å². The van der Waals surface area contributed by atoms with Crippen LogP contribution >= 0.6 is 0 Å². The molecule has 4 nitrogen and oxygen atoms in total. The van der Waals surface area contributed by atoms with E-state index < -0.39 is 0 Å². The topological polar surface area (TPSA) is 67.6 Å². The molecule has 5 heteroatoms. The molecular formula is C11H15N4Na. The summed E-state index contributed by atoms with van der Waals surface area (Å²) in [5, 5.41) is 10.5. The van der Waals surface area contributed by atoms with Gasteiger partial charge in [-0.25, -0.2) is 0 Å². The molecule has 0 aliphatic heterocycles. The fourth-order valence-corrected chi connectivity index (χ4v) is 1.98. The number of hydrogen-bond donors (Lipinski definition) is 2. The van der Waals surface area contributed by atoms with Crippen LogP contribution in [0.2, 0.25) is 0 Å². The van der Waals surface area contributed by atoms with Crippen LogP contribution in [0.5, 0.6) is 0 Å². The minimum absolute atomic E-state index is 0. The third-order valence-electron chi connectivity index (χ3n) is 2.49. The van der Waals surface area contributed by atoms with Gasteiger partial charge in [0.05, 0.1) is 0 Å². The SMILES string of the molecule is Cc1cc(C)c(-c2n[nH]nc2N)c(C)c1.[H-].[Na+]. The molecule has 0 aliphatic carbocycles. The molecule has 80 valence electrons. The Balaban J connectivity index is 0.00000128. The number of rotatable bonds is 1. The van der Waals surface area contributed by atoms with Gasteiger partial charge in [0.15, 0.2) is 5.82 Å². The molecule has 0 saturated carbocycles. The van der Waals surface area contributed by atoms with Crippen molar-refractivity contribution in [3.63, 3.8) is 0 Å². The number of nitrogens with one attached hydrogen (secondary N) is 1. The Morgan fingerprint density at radius 2 is 1.69 bits per heavy atom. The van der Waals surface area contributed by atoms with Crippen LogP contribution < -0.4 is 35.3 Å². The molecule has 0 amide bonds. The maximum absolute atomic E-state index is 5.74. The summed E-state index contributed by atoms with van der Waals surface area (Å²) in [6.45, 7) is 6.20. The summed E-state index contributed by atoms with van der Waals surface area (Å²) >= 11 is 0. The first kappa shape index (κ1) is 13.2. The van der Waals surface area contributed by atoms with Crippen molar-refractivity contribution in [1.82, 2.24) is 15.4 Å². The van der Waals surface area contributed by atoms with Crippen LogP contribution in [0.3, 0.4) is 0 Å². The van der Waals surface area contributed by atoms with Gasteiger partial charge in [-0.1, -0.05) is 17.7 Å². The van der Waals surface area contributed by atoms with E-state index in [1.165, 1.54) is 16.7 Å². The molecule has 0 saturated heterocycles. The zero-order valence-corrected chi connectivity index (χ0v) is 12.1. The largest absolute Gasteiger partial charge is 1.00 e. The van der Waals surface area contributed by atoms with Gasteiger partial charge in [0.25, 0.3) is 0 Å². The standard InChI is InChI=1S/C11H14N4.Na.H/c1-6-4-7(2)9(8(3)5-6)10-11(12)14-15-13-10;;/h4-5H,1-3H3,(H3,12,13,14,15);;/q;+1;-1. The summed E-state index contributed by atoms with van der Waals surface area (Å²) in [4.78, 5) is 0. The fourth-order valence-electron chi connectivity index (χ4n) is 1.98. The Bertz CT molecular complexity index is 487. The predicted octanol–water partition coefficient (Wildman–Crippen LogP) is -0.904. The Hall–Kier alpha value is -0.840. The second-order valence-electron chi connectivity index (χ2n) is 3.83. The zero-order valence-electron chi connectivity index (χ0n) is 11.1. The number of anilines is 1. The predicted molar refractivity (Wildman–Crippen MR) is 61.6 cm³/mol. The van der Waals surface area contributed by atoms with Crippen molar-refractivity contribution in [1.29, 1.82) is 0 Å². The van der Waals surface area contributed by atoms with Gasteiger partial charge < -0.3 is 7.16 Å². The van der Waals surface area contributed by atoms with E-state index in [2.05, 4.69) is 48.3 Å². The number of aromatic amines is 1. The van der Waals surface area contributed by atoms with Crippen LogP contribution in [-0.2, 0) is 0 Å². The molecule has 0 bridgehead atoms. The molecular weight excluding hydrogens is 211 g/mol. The molecule has 1 heterocycles. The van der Waals surface area contributed by atoms with Gasteiger partial charge in [-0.2, -0.15) is 10.3 Å². The molecule has 0 fully saturated rings. The van der Waals surface area contributed by atoms with Crippen LogP contribution in [0, 0.1) is 20.8 Å². The second kappa shape index (κ2) is 4.99. The quantitative estimate of drug-likeness (QED) is 0.619. The molecule has 2 rings (SSSR count). The van der Waals surface area contributed by atoms with Crippen molar-refractivity contribution in [2.24, 2.45) is 0 Å². The number of nitrogens with two attached hydrogens (primary N) is 1. The number of nitrogens with zero attached hydrogens (tertiary/aromatic N) is 2. The summed E-state index contributed by atoms with van der Waals surface area (Å²) in [5.74, 6) is 0.449. The van der Waals surface area contributed by atoms with Crippen molar-refractivity contribution in [3.05, 3.63) is 28.8 Å². The Labute approximate surface area is 118 Å². The molecule has 2 aromatic rings. The average molecular weight is 226 g/mol. The summed E-state index contributed by atoms with van der Waals surface area (Å²) < 4.78 is 0. The molecule has 0 radical (unpaired) electrons. The third kappa shape index (κ3) is 2.29. The van der Waals surface area contributed by atoms with Crippen molar-refractivity contribution >= 4 is 5.82 Å². The molecule has 0 aliphatic rings. The van der Waals surface area contributed by atoms with E-state index in [4.69, 9.17) is 5.73 Å². The Morgan fingerprint density at radius 3 is 2.12 bits per heavy atom. The van der Waals surface area contributed by atoms with Gasteiger partial charge in [0, 0.05) is 5.56 Å². The minimum atomic E-state index is 0. The monoisotopic (exact) mass is 226 g/mol. The number of benzene rings is 1. The van der Waals surface area contributed by atoms with E-state index in [1.807, 2.05) is 0 Å². The summed E-state index contributed by atoms with van der Waals surface area (Å²) in [7, 11) is 0. The zero-order chi connectivity index (χ0) is 11.0. The smallest absolute Gasteiger partial charge is 1.00 e. The van der Waals surface area contributed by atoms with E-state index in [0.717, 1.165) is 11.3 Å². The van der Waals surface area contributed by atoms with Gasteiger partial charge in [0.1, 0.15) is 5.69 Å². The molecule has 0 spiro atoms. The molecule has 3 N–H and O–H groups in total. The van der Waals surface area contributed by atoms with Crippen LogP contribution in [0.15, 0.2) is 12.1 Å². The first-order valence-electron chi connectivity index (χ1n) is 4.84. The fraction of sp³-hybridized carbons (Fsp3) is 0.273. The van der Waals surface area contributed by atoms with E-state index >= 15 is 0 Å². The minimum Gasteiger partial charge on any atom is -1.00 e. The third-order valence-corrected chi connectivity index (χ3v) is 2.49. The Kier molecular flexibility index (Phi) is 4.13. The molecule has 0 unspecified atom stereocenters. The summed E-state index contributed by atoms with van der Waals surface area (Å²) in [6, 6.07) is 4.24. The van der Waals surface area contributed by atoms with Crippen molar-refractivity contribution in [2.75, 3.05) is 5.73 Å². The second-order valence-corrected chi connectivity index (χ2v) is 3.83. The van der Waals surface area contributed by atoms with E-state index in [9.17, 15) is 0 Å². The Morgan fingerprint density at radius 1 is 1.12 bits per heavy atom. The van der Waals surface area contributed by atoms with E-state index in [1.54, 1.807) is 0 Å². The van der Waals surface area contributed by atoms with E-state index in [-0.39, 0.29) is 31.0 Å². The summed E-state index contributed by atoms with van der Waals surface area (Å²) in [5.41, 5.74) is 11.2. The first-order valence-corrected chi connectivity index (χ1v) is 4.84. The number of aryl methyl sites for hydroxylation is 3. The average Bonchev–Trinajstić information content (AvgIpc) is 2.50. The van der Waals surface area contributed by atoms with Gasteiger partial charge in [-0.05, 0) is 31.9 Å². The van der Waals surface area contributed by atoms with Gasteiger partial charge >= 0.3 is 29.6 Å². The van der Waals surface area contributed by atoms with Crippen LogP contribution in [0.4, 0.5) is 5.82 Å². The normalized spacial score (nSPS) is 9.94. The number of aromatic nitrogens is 3. The number of H-pyrrole nitrogens is 1. The van der Waals surface area contributed by atoms with Crippen molar-refractivity contribution < 1.29 is 31.0 Å². The van der Waals surface area contributed by atoms with E-state index in [0.29, 0.717) is 5.82 Å². The molecule has 1 aromatic carbocycles. The first-order chi connectivity index (χ1) is 7.09. The maximum Gasteiger partial charge on any atom is 1.00 e. The van der Waals surface area contributed by atoms with Crippen LogP contribution in [0.1, 0.15) is 18.1 Å². The van der Waals surface area contributed by atoms with Crippen molar-refractivity contribution in [2.45, 2.75) is 20.8 Å². The van der Waals surface area contributed by atoms with Gasteiger partial charge in [-0.15, -0.1) is 5.10 Å². The maximum atomic E-state index is 5.74. The van der Waals surface area contributed by atoms with Crippen molar-refractivity contribution in [3.8, 4) is 11.3 Å². The van der Waals surface area contributed by atoms with Crippen LogP contribution in [-0.4, -0.2) is 15.4 Å². The van der Waals surface area contributed by atoms with Crippen LogP contribution in [0.25, 0.3) is 11.3 Å². The number of nitrogen functional groups attached to an aromatic ring is 1. The number of hydrogen-bond acceptors (Lipinski definition) is 3. The molecule has 1 aromatic heterocycles. The summed E-state index contributed by atoms with van der Waals surface area (Å²) in [6.07, 6.45) is 0. The molecule has 16 heavy (non-hydrogen) atoms. The molecule has 0 atom stereocenters. The van der Waals surface area contributed by atoms with Gasteiger partial charge in [-0.3, -0.25) is 0 Å².